The van der Waals surface area contributed by atoms with Crippen molar-refractivity contribution in [1.82, 2.24) is 0 Å². The first-order chi connectivity index (χ1) is 9.55. The zero-order valence-corrected chi connectivity index (χ0v) is 13.1. The SMILES string of the molecule is CS(C)(OS(=O)(=O)C(F)(F)F)C1CC=Cc2ccccc21. The molecular formula is C13H15F3O3S2. The molecule has 0 N–H and O–H groups in total. The van der Waals surface area contributed by atoms with Gasteiger partial charge in [0.1, 0.15) is 0 Å². The van der Waals surface area contributed by atoms with Crippen LogP contribution in [0.25, 0.3) is 6.08 Å². The minimum Gasteiger partial charge on any atom is -0.213 e. The number of benzene rings is 1. The van der Waals surface area contributed by atoms with Crippen LogP contribution in [0.2, 0.25) is 0 Å². The molecule has 1 aromatic rings. The minimum atomic E-state index is -5.59. The predicted octanol–water partition coefficient (Wildman–Crippen LogP) is 3.99. The van der Waals surface area contributed by atoms with Gasteiger partial charge in [0.25, 0.3) is 0 Å². The maximum absolute atomic E-state index is 12.5. The van der Waals surface area contributed by atoms with Gasteiger partial charge in [0.15, 0.2) is 0 Å². The Balaban J connectivity index is 2.36. The summed E-state index contributed by atoms with van der Waals surface area (Å²) in [7, 11) is -8.09. The van der Waals surface area contributed by atoms with Crippen LogP contribution < -0.4 is 0 Å². The summed E-state index contributed by atoms with van der Waals surface area (Å²) in [6, 6.07) is 7.23. The van der Waals surface area contributed by atoms with E-state index in [9.17, 15) is 21.6 Å². The normalized spacial score (nSPS) is 20.1. The summed E-state index contributed by atoms with van der Waals surface area (Å²) in [6.45, 7) is 0. The van der Waals surface area contributed by atoms with Crippen molar-refractivity contribution in [2.45, 2.75) is 17.2 Å². The molecular weight excluding hydrogens is 325 g/mol. The van der Waals surface area contributed by atoms with Gasteiger partial charge in [-0.1, -0.05) is 36.4 Å². The highest BCUT2D eigenvalue weighted by Crippen LogP contribution is 2.60. The molecule has 0 saturated carbocycles. The summed E-state index contributed by atoms with van der Waals surface area (Å²) in [5, 5.41) is -0.393. The van der Waals surface area contributed by atoms with Crippen LogP contribution in [0.5, 0.6) is 0 Å². The molecule has 0 fully saturated rings. The summed E-state index contributed by atoms with van der Waals surface area (Å²) in [6.07, 6.45) is 7.03. The molecule has 21 heavy (non-hydrogen) atoms. The van der Waals surface area contributed by atoms with E-state index in [1.54, 1.807) is 12.1 Å². The van der Waals surface area contributed by atoms with Crippen LogP contribution in [0.1, 0.15) is 22.8 Å². The molecule has 0 spiro atoms. The van der Waals surface area contributed by atoms with E-state index in [4.69, 9.17) is 0 Å². The number of alkyl halides is 3. The lowest BCUT2D eigenvalue weighted by molar-refractivity contribution is -0.0496. The van der Waals surface area contributed by atoms with Gasteiger partial charge in [-0.15, -0.1) is 10.3 Å². The van der Waals surface area contributed by atoms with E-state index in [0.717, 1.165) is 11.1 Å². The quantitative estimate of drug-likeness (QED) is 0.782. The summed E-state index contributed by atoms with van der Waals surface area (Å²) in [5.74, 6) is 0. The van der Waals surface area contributed by atoms with Crippen molar-refractivity contribution in [3.63, 3.8) is 0 Å². The predicted molar refractivity (Wildman–Crippen MR) is 78.3 cm³/mol. The number of rotatable bonds is 3. The van der Waals surface area contributed by atoms with Gasteiger partial charge in [-0.05, 0) is 30.1 Å². The molecule has 1 aromatic carbocycles. The maximum atomic E-state index is 12.5. The highest BCUT2D eigenvalue weighted by molar-refractivity contribution is 8.32. The number of halogens is 3. The molecule has 0 bridgehead atoms. The first kappa shape index (κ1) is 16.4. The first-order valence-electron chi connectivity index (χ1n) is 6.04. The van der Waals surface area contributed by atoms with E-state index in [2.05, 4.69) is 3.63 Å². The molecule has 0 heterocycles. The van der Waals surface area contributed by atoms with E-state index in [-0.39, 0.29) is 0 Å². The van der Waals surface area contributed by atoms with Crippen LogP contribution in [-0.2, 0) is 13.7 Å². The molecule has 1 aliphatic rings. The van der Waals surface area contributed by atoms with E-state index in [1.165, 1.54) is 12.5 Å². The largest absolute Gasteiger partial charge is 0.523 e. The van der Waals surface area contributed by atoms with Crippen molar-refractivity contribution >= 4 is 26.5 Å². The van der Waals surface area contributed by atoms with Crippen molar-refractivity contribution in [2.24, 2.45) is 0 Å². The van der Waals surface area contributed by atoms with Crippen molar-refractivity contribution < 1.29 is 25.2 Å². The van der Waals surface area contributed by atoms with Gasteiger partial charge in [0, 0.05) is 5.25 Å². The molecule has 1 atom stereocenters. The monoisotopic (exact) mass is 340 g/mol. The molecule has 1 aliphatic carbocycles. The average molecular weight is 340 g/mol. The topological polar surface area (TPSA) is 43.4 Å². The Morgan fingerprint density at radius 1 is 1.19 bits per heavy atom. The summed E-state index contributed by atoms with van der Waals surface area (Å²) < 4.78 is 64.7. The second-order valence-electron chi connectivity index (χ2n) is 5.03. The van der Waals surface area contributed by atoms with Crippen LogP contribution in [-0.4, -0.2) is 26.4 Å². The Labute approximate surface area is 123 Å². The van der Waals surface area contributed by atoms with Crippen molar-refractivity contribution in [3.8, 4) is 0 Å². The molecule has 0 saturated heterocycles. The van der Waals surface area contributed by atoms with Crippen molar-refractivity contribution in [1.29, 1.82) is 0 Å². The third-order valence-electron chi connectivity index (χ3n) is 3.22. The Kier molecular flexibility index (Phi) is 4.16. The Morgan fingerprint density at radius 2 is 1.81 bits per heavy atom. The summed E-state index contributed by atoms with van der Waals surface area (Å²) in [4.78, 5) is 0. The number of hydrogen-bond donors (Lipinski definition) is 0. The highest BCUT2D eigenvalue weighted by atomic mass is 32.3. The third-order valence-corrected chi connectivity index (χ3v) is 7.73. The zero-order valence-electron chi connectivity index (χ0n) is 11.4. The van der Waals surface area contributed by atoms with Gasteiger partial charge in [0.05, 0.1) is 0 Å². The molecule has 8 heteroatoms. The molecule has 3 nitrogen and oxygen atoms in total. The van der Waals surface area contributed by atoms with E-state index < -0.39 is 31.2 Å². The average Bonchev–Trinajstić information content (AvgIpc) is 2.35. The number of hydrogen-bond acceptors (Lipinski definition) is 3. The van der Waals surface area contributed by atoms with Crippen LogP contribution >= 0.6 is 10.3 Å². The number of fused-ring (bicyclic) bond motifs is 1. The lowest BCUT2D eigenvalue weighted by Gasteiger charge is -2.40. The van der Waals surface area contributed by atoms with Gasteiger partial charge >= 0.3 is 15.6 Å². The van der Waals surface area contributed by atoms with Crippen LogP contribution in [0, 0.1) is 0 Å². The maximum Gasteiger partial charge on any atom is 0.523 e. The van der Waals surface area contributed by atoms with Gasteiger partial charge in [0.2, 0.25) is 0 Å². The highest BCUT2D eigenvalue weighted by Gasteiger charge is 2.50. The van der Waals surface area contributed by atoms with Crippen LogP contribution in [0.4, 0.5) is 13.2 Å². The van der Waals surface area contributed by atoms with Gasteiger partial charge in [-0.2, -0.15) is 21.6 Å². The lowest BCUT2D eigenvalue weighted by Crippen LogP contribution is -2.28. The molecule has 1 unspecified atom stereocenters. The van der Waals surface area contributed by atoms with Crippen LogP contribution in [0.15, 0.2) is 30.3 Å². The van der Waals surface area contributed by atoms with Crippen molar-refractivity contribution in [2.75, 3.05) is 12.5 Å². The molecule has 118 valence electrons. The Hall–Kier alpha value is -0.990. The van der Waals surface area contributed by atoms with Gasteiger partial charge in [-0.25, -0.2) is 3.63 Å². The van der Waals surface area contributed by atoms with E-state index >= 15 is 0 Å². The summed E-state index contributed by atoms with van der Waals surface area (Å²) >= 11 is 0. The second-order valence-corrected chi connectivity index (χ2v) is 10.1. The summed E-state index contributed by atoms with van der Waals surface area (Å²) in [5.41, 5.74) is -3.71. The molecule has 2 rings (SSSR count). The molecule has 0 amide bonds. The fourth-order valence-electron chi connectivity index (χ4n) is 2.26. The van der Waals surface area contributed by atoms with E-state index in [0.29, 0.717) is 6.42 Å². The molecule has 0 radical (unpaired) electrons. The van der Waals surface area contributed by atoms with Crippen molar-refractivity contribution in [3.05, 3.63) is 41.5 Å². The smallest absolute Gasteiger partial charge is 0.213 e. The van der Waals surface area contributed by atoms with Crippen LogP contribution in [0.3, 0.4) is 0 Å². The molecule has 0 aliphatic heterocycles. The fraction of sp³-hybridized carbons (Fsp3) is 0.385. The Morgan fingerprint density at radius 3 is 2.43 bits per heavy atom. The first-order valence-corrected chi connectivity index (χ1v) is 9.89. The zero-order chi connectivity index (χ0) is 15.9. The Bertz CT molecular complexity index is 663. The third kappa shape index (κ3) is 3.27. The fourth-order valence-corrected chi connectivity index (χ4v) is 6.19. The minimum absolute atomic E-state index is 0.393. The standard InChI is InChI=1S/C13H15F3O3S2/c1-20(2,19-21(17,18)13(14,15)16)12-9-5-7-10-6-3-4-8-11(10)12/h3-8,12H,9H2,1-2H3. The second kappa shape index (κ2) is 5.33. The van der Waals surface area contributed by atoms with Gasteiger partial charge < -0.3 is 0 Å². The van der Waals surface area contributed by atoms with E-state index in [1.807, 2.05) is 24.3 Å². The number of allylic oxidation sites excluding steroid dienone is 1. The lowest BCUT2D eigenvalue weighted by atomic mass is 9.97. The molecule has 0 aromatic heterocycles. The van der Waals surface area contributed by atoms with Gasteiger partial charge in [-0.3, -0.25) is 0 Å².